The van der Waals surface area contributed by atoms with Gasteiger partial charge >= 0.3 is 0 Å². The number of nitrogens with zero attached hydrogens (tertiary/aromatic N) is 3. The van der Waals surface area contributed by atoms with E-state index in [-0.39, 0.29) is 17.6 Å². The van der Waals surface area contributed by atoms with Crippen LogP contribution in [0.25, 0.3) is 22.3 Å². The van der Waals surface area contributed by atoms with Crippen molar-refractivity contribution in [1.82, 2.24) is 19.7 Å². The molecule has 3 aromatic heterocycles. The number of H-pyrrole nitrogens is 1. The van der Waals surface area contributed by atoms with Crippen molar-refractivity contribution < 1.29 is 9.53 Å². The van der Waals surface area contributed by atoms with Crippen LogP contribution in [0.15, 0.2) is 47.8 Å². The Morgan fingerprint density at radius 2 is 2.20 bits per heavy atom. The second-order valence-electron chi connectivity index (χ2n) is 7.12. The van der Waals surface area contributed by atoms with Gasteiger partial charge in [-0.2, -0.15) is 0 Å². The summed E-state index contributed by atoms with van der Waals surface area (Å²) < 4.78 is 8.57. The zero-order valence-corrected chi connectivity index (χ0v) is 18.4. The summed E-state index contributed by atoms with van der Waals surface area (Å²) in [6.45, 7) is 1.46. The van der Waals surface area contributed by atoms with Gasteiger partial charge in [-0.3, -0.25) is 9.36 Å². The molecular weight excluding hydrogens is 440 g/mol. The molecule has 0 aliphatic carbocycles. The van der Waals surface area contributed by atoms with E-state index in [0.717, 1.165) is 46.9 Å². The lowest BCUT2D eigenvalue weighted by molar-refractivity contribution is 0.0953. The van der Waals surface area contributed by atoms with Crippen molar-refractivity contribution in [3.63, 3.8) is 0 Å². The summed E-state index contributed by atoms with van der Waals surface area (Å²) in [4.78, 5) is 16.5. The molecule has 5 rings (SSSR count). The van der Waals surface area contributed by atoms with E-state index in [1.165, 1.54) is 23.1 Å². The SMILES string of the molecule is O=C(CSc1nnc(-c2c[nH]c3ccccc23)n1C[C@@H]1CCCO1)c1ccc(Cl)s1. The molecule has 0 bridgehead atoms. The number of ether oxygens (including phenoxy) is 1. The molecule has 0 unspecified atom stereocenters. The number of aromatic amines is 1. The van der Waals surface area contributed by atoms with Gasteiger partial charge in [0.1, 0.15) is 0 Å². The van der Waals surface area contributed by atoms with Crippen LogP contribution >= 0.6 is 34.7 Å². The number of hydrogen-bond donors (Lipinski definition) is 1. The molecule has 1 atom stereocenters. The highest BCUT2D eigenvalue weighted by atomic mass is 35.5. The summed E-state index contributed by atoms with van der Waals surface area (Å²) >= 11 is 8.67. The Morgan fingerprint density at radius 1 is 1.30 bits per heavy atom. The van der Waals surface area contributed by atoms with Crippen LogP contribution in [-0.2, 0) is 11.3 Å². The maximum Gasteiger partial charge on any atom is 0.192 e. The van der Waals surface area contributed by atoms with E-state index in [0.29, 0.717) is 15.8 Å². The molecule has 0 radical (unpaired) electrons. The lowest BCUT2D eigenvalue weighted by Gasteiger charge is -2.14. The Labute approximate surface area is 186 Å². The summed E-state index contributed by atoms with van der Waals surface area (Å²) in [5.41, 5.74) is 2.05. The highest BCUT2D eigenvalue weighted by molar-refractivity contribution is 7.99. The zero-order valence-electron chi connectivity index (χ0n) is 16.0. The van der Waals surface area contributed by atoms with Crippen LogP contribution < -0.4 is 0 Å². The van der Waals surface area contributed by atoms with Gasteiger partial charge in [-0.15, -0.1) is 21.5 Å². The Morgan fingerprint density at radius 3 is 3.00 bits per heavy atom. The van der Waals surface area contributed by atoms with Gasteiger partial charge < -0.3 is 9.72 Å². The van der Waals surface area contributed by atoms with Crippen LogP contribution in [0.5, 0.6) is 0 Å². The van der Waals surface area contributed by atoms with E-state index < -0.39 is 0 Å². The van der Waals surface area contributed by atoms with Crippen LogP contribution in [0.2, 0.25) is 4.34 Å². The van der Waals surface area contributed by atoms with Crippen molar-refractivity contribution >= 4 is 51.4 Å². The van der Waals surface area contributed by atoms with E-state index in [9.17, 15) is 4.79 Å². The lowest BCUT2D eigenvalue weighted by atomic mass is 10.1. The molecule has 0 spiro atoms. The minimum atomic E-state index is 0.0391. The minimum Gasteiger partial charge on any atom is -0.376 e. The maximum absolute atomic E-state index is 12.5. The number of Topliss-reactive ketones (excluding diaryl/α,β-unsaturated/α-hetero) is 1. The summed E-state index contributed by atoms with van der Waals surface area (Å²) in [7, 11) is 0. The largest absolute Gasteiger partial charge is 0.376 e. The molecule has 1 saturated heterocycles. The van der Waals surface area contributed by atoms with Crippen LogP contribution in [0.3, 0.4) is 0 Å². The number of fused-ring (bicyclic) bond motifs is 1. The van der Waals surface area contributed by atoms with Gasteiger partial charge in [0.05, 0.1) is 27.6 Å². The predicted molar refractivity (Wildman–Crippen MR) is 121 cm³/mol. The summed E-state index contributed by atoms with van der Waals surface area (Å²) in [5, 5.41) is 10.7. The number of rotatable bonds is 7. The number of ketones is 1. The smallest absolute Gasteiger partial charge is 0.192 e. The topological polar surface area (TPSA) is 72.8 Å². The van der Waals surface area contributed by atoms with Crippen molar-refractivity contribution in [3.05, 3.63) is 51.8 Å². The van der Waals surface area contributed by atoms with E-state index in [1.807, 2.05) is 24.4 Å². The lowest BCUT2D eigenvalue weighted by Crippen LogP contribution is -2.17. The fourth-order valence-corrected chi connectivity index (χ4v) is 5.58. The van der Waals surface area contributed by atoms with E-state index in [1.54, 1.807) is 12.1 Å². The van der Waals surface area contributed by atoms with Crippen molar-refractivity contribution in [3.8, 4) is 11.4 Å². The normalized spacial score (nSPS) is 16.5. The number of halogens is 1. The van der Waals surface area contributed by atoms with Crippen molar-refractivity contribution in [2.45, 2.75) is 30.6 Å². The number of carbonyl (C=O) groups is 1. The second-order valence-corrected chi connectivity index (χ2v) is 9.77. The third-order valence-electron chi connectivity index (χ3n) is 5.14. The molecule has 1 aromatic carbocycles. The highest BCUT2D eigenvalue weighted by Gasteiger charge is 2.23. The van der Waals surface area contributed by atoms with Crippen LogP contribution in [0, 0.1) is 0 Å². The van der Waals surface area contributed by atoms with Crippen molar-refractivity contribution in [1.29, 1.82) is 0 Å². The zero-order chi connectivity index (χ0) is 20.5. The third kappa shape index (κ3) is 3.92. The molecule has 4 heterocycles. The quantitative estimate of drug-likeness (QED) is 0.300. The Balaban J connectivity index is 1.45. The first kappa shape index (κ1) is 19.8. The molecular formula is C21H19ClN4O2S2. The van der Waals surface area contributed by atoms with Gasteiger partial charge in [-0.05, 0) is 31.0 Å². The first-order chi connectivity index (χ1) is 14.7. The van der Waals surface area contributed by atoms with Crippen molar-refractivity contribution in [2.24, 2.45) is 0 Å². The summed E-state index contributed by atoms with van der Waals surface area (Å²) in [6.07, 6.45) is 4.18. The van der Waals surface area contributed by atoms with Gasteiger partial charge in [0.2, 0.25) is 0 Å². The molecule has 9 heteroatoms. The highest BCUT2D eigenvalue weighted by Crippen LogP contribution is 2.32. The number of benzene rings is 1. The van der Waals surface area contributed by atoms with Gasteiger partial charge in [0.25, 0.3) is 0 Å². The van der Waals surface area contributed by atoms with Crippen LogP contribution in [0.4, 0.5) is 0 Å². The van der Waals surface area contributed by atoms with Crippen LogP contribution in [-0.4, -0.2) is 44.0 Å². The molecule has 6 nitrogen and oxygen atoms in total. The number of nitrogens with one attached hydrogen (secondary N) is 1. The van der Waals surface area contributed by atoms with E-state index in [4.69, 9.17) is 16.3 Å². The summed E-state index contributed by atoms with van der Waals surface area (Å²) in [5.74, 6) is 1.11. The molecule has 1 N–H and O–H groups in total. The number of thiophene rings is 1. The molecule has 30 heavy (non-hydrogen) atoms. The third-order valence-corrected chi connectivity index (χ3v) is 7.38. The Bertz CT molecular complexity index is 1190. The Kier molecular flexibility index (Phi) is 5.64. The Hall–Kier alpha value is -2.13. The van der Waals surface area contributed by atoms with Gasteiger partial charge in [0.15, 0.2) is 16.8 Å². The van der Waals surface area contributed by atoms with Crippen molar-refractivity contribution in [2.75, 3.05) is 12.4 Å². The summed E-state index contributed by atoms with van der Waals surface area (Å²) in [6, 6.07) is 11.6. The fraction of sp³-hybridized carbons (Fsp3) is 0.286. The molecule has 4 aromatic rings. The minimum absolute atomic E-state index is 0.0391. The van der Waals surface area contributed by atoms with Gasteiger partial charge in [0, 0.05) is 29.3 Å². The van der Waals surface area contributed by atoms with E-state index in [2.05, 4.69) is 25.8 Å². The molecule has 0 amide bonds. The average Bonchev–Trinajstić information content (AvgIpc) is 3.54. The first-order valence-electron chi connectivity index (χ1n) is 9.71. The standard InChI is InChI=1S/C21H19ClN4O2S2/c22-19-8-7-18(30-19)17(27)12-29-21-25-24-20(26(21)11-13-4-3-9-28-13)15-10-23-16-6-2-1-5-14(15)16/h1-2,5-8,10,13,23H,3-4,9,11-12H2/t13-/m0/s1. The maximum atomic E-state index is 12.5. The molecule has 154 valence electrons. The molecule has 1 aliphatic heterocycles. The van der Waals surface area contributed by atoms with Gasteiger partial charge in [-0.25, -0.2) is 0 Å². The predicted octanol–water partition coefficient (Wildman–Crippen LogP) is 5.30. The molecule has 0 saturated carbocycles. The molecule has 1 fully saturated rings. The monoisotopic (exact) mass is 458 g/mol. The number of hydrogen-bond acceptors (Lipinski definition) is 6. The molecule has 1 aliphatic rings. The van der Waals surface area contributed by atoms with Gasteiger partial charge in [-0.1, -0.05) is 41.6 Å². The second kappa shape index (κ2) is 8.55. The fourth-order valence-electron chi connectivity index (χ4n) is 3.67. The number of aromatic nitrogens is 4. The first-order valence-corrected chi connectivity index (χ1v) is 11.9. The average molecular weight is 459 g/mol. The number of thioether (sulfide) groups is 1. The number of para-hydroxylation sites is 1. The van der Waals surface area contributed by atoms with Crippen LogP contribution in [0.1, 0.15) is 22.5 Å². The van der Waals surface area contributed by atoms with E-state index >= 15 is 0 Å². The number of carbonyl (C=O) groups excluding carboxylic acids is 1.